The quantitative estimate of drug-likeness (QED) is 0.721. The van der Waals surface area contributed by atoms with Gasteiger partial charge in [-0.05, 0) is 12.1 Å². The standard InChI is InChI=1S/C10H12FNO/c1-13-10(7-11)8-12-9-5-3-2-4-6-9/h2-7,12H,8H2,1H3. The van der Waals surface area contributed by atoms with E-state index in [1.807, 2.05) is 30.3 Å². The second kappa shape index (κ2) is 5.19. The monoisotopic (exact) mass is 181 g/mol. The third kappa shape index (κ3) is 3.15. The smallest absolute Gasteiger partial charge is 0.143 e. The Morgan fingerprint density at radius 3 is 2.69 bits per heavy atom. The first-order valence-electron chi connectivity index (χ1n) is 3.99. The third-order valence-corrected chi connectivity index (χ3v) is 1.62. The number of rotatable bonds is 4. The zero-order valence-electron chi connectivity index (χ0n) is 7.46. The van der Waals surface area contributed by atoms with E-state index in [4.69, 9.17) is 4.74 Å². The molecule has 0 saturated carbocycles. The van der Waals surface area contributed by atoms with Crippen molar-refractivity contribution in [2.75, 3.05) is 19.0 Å². The van der Waals surface area contributed by atoms with Crippen LogP contribution in [0, 0.1) is 0 Å². The van der Waals surface area contributed by atoms with Gasteiger partial charge in [-0.15, -0.1) is 0 Å². The van der Waals surface area contributed by atoms with Gasteiger partial charge >= 0.3 is 0 Å². The Morgan fingerprint density at radius 1 is 1.46 bits per heavy atom. The van der Waals surface area contributed by atoms with Crippen molar-refractivity contribution >= 4 is 5.69 Å². The fraction of sp³-hybridized carbons (Fsp3) is 0.200. The number of benzene rings is 1. The zero-order valence-corrected chi connectivity index (χ0v) is 7.46. The molecule has 0 aliphatic carbocycles. The maximum absolute atomic E-state index is 12.0. The summed E-state index contributed by atoms with van der Waals surface area (Å²) in [6.45, 7) is 0.358. The highest BCUT2D eigenvalue weighted by atomic mass is 19.1. The van der Waals surface area contributed by atoms with Crippen LogP contribution < -0.4 is 5.32 Å². The van der Waals surface area contributed by atoms with Gasteiger partial charge < -0.3 is 10.1 Å². The van der Waals surface area contributed by atoms with Gasteiger partial charge in [-0.3, -0.25) is 0 Å². The van der Waals surface area contributed by atoms with E-state index in [9.17, 15) is 4.39 Å². The van der Waals surface area contributed by atoms with E-state index in [1.165, 1.54) is 7.11 Å². The van der Waals surface area contributed by atoms with Gasteiger partial charge in [0.2, 0.25) is 0 Å². The highest BCUT2D eigenvalue weighted by Gasteiger charge is 1.95. The van der Waals surface area contributed by atoms with Crippen LogP contribution in [0.15, 0.2) is 42.4 Å². The minimum atomic E-state index is 0.281. The van der Waals surface area contributed by atoms with Crippen LogP contribution in [0.2, 0.25) is 0 Å². The van der Waals surface area contributed by atoms with Crippen molar-refractivity contribution < 1.29 is 9.13 Å². The fourth-order valence-corrected chi connectivity index (χ4v) is 0.900. The van der Waals surface area contributed by atoms with Crippen molar-refractivity contribution in [1.29, 1.82) is 0 Å². The Kier molecular flexibility index (Phi) is 3.82. The van der Waals surface area contributed by atoms with E-state index in [-0.39, 0.29) is 5.76 Å². The highest BCUT2D eigenvalue weighted by molar-refractivity contribution is 5.43. The molecule has 1 aromatic carbocycles. The van der Waals surface area contributed by atoms with Gasteiger partial charge in [-0.25, -0.2) is 4.39 Å². The van der Waals surface area contributed by atoms with Gasteiger partial charge in [-0.1, -0.05) is 18.2 Å². The van der Waals surface area contributed by atoms with Crippen molar-refractivity contribution in [3.63, 3.8) is 0 Å². The molecule has 0 atom stereocenters. The van der Waals surface area contributed by atoms with E-state index < -0.39 is 0 Å². The first-order chi connectivity index (χ1) is 6.36. The molecule has 0 aliphatic heterocycles. The molecule has 0 spiro atoms. The Labute approximate surface area is 77.0 Å². The Bertz CT molecular complexity index is 272. The van der Waals surface area contributed by atoms with Gasteiger partial charge in [-0.2, -0.15) is 0 Å². The summed E-state index contributed by atoms with van der Waals surface area (Å²) < 4.78 is 16.8. The lowest BCUT2D eigenvalue weighted by molar-refractivity contribution is 0.281. The van der Waals surface area contributed by atoms with Crippen molar-refractivity contribution in [2.45, 2.75) is 0 Å². The van der Waals surface area contributed by atoms with Crippen LogP contribution in [0.5, 0.6) is 0 Å². The van der Waals surface area contributed by atoms with Gasteiger partial charge in [0.25, 0.3) is 0 Å². The second-order valence-electron chi connectivity index (χ2n) is 2.50. The molecule has 0 aromatic heterocycles. The van der Waals surface area contributed by atoms with Crippen LogP contribution in [-0.4, -0.2) is 13.7 Å². The van der Waals surface area contributed by atoms with Crippen LogP contribution in [0.25, 0.3) is 0 Å². The Hall–Kier alpha value is -1.51. The molecule has 1 N–H and O–H groups in total. The molecular formula is C10H12FNO. The van der Waals surface area contributed by atoms with Crippen LogP contribution in [-0.2, 0) is 4.74 Å². The SMILES string of the molecule is COC(=CF)CNc1ccccc1. The van der Waals surface area contributed by atoms with E-state index in [2.05, 4.69) is 5.32 Å². The number of para-hydroxylation sites is 1. The number of hydrogen-bond donors (Lipinski definition) is 1. The first-order valence-corrected chi connectivity index (χ1v) is 3.99. The number of hydrogen-bond acceptors (Lipinski definition) is 2. The van der Waals surface area contributed by atoms with E-state index in [1.54, 1.807) is 0 Å². The van der Waals surface area contributed by atoms with Crippen LogP contribution in [0.3, 0.4) is 0 Å². The Balaban J connectivity index is 2.43. The molecule has 2 nitrogen and oxygen atoms in total. The average molecular weight is 181 g/mol. The van der Waals surface area contributed by atoms with E-state index in [0.29, 0.717) is 12.9 Å². The Morgan fingerprint density at radius 2 is 2.15 bits per heavy atom. The minimum Gasteiger partial charge on any atom is -0.497 e. The molecule has 0 aliphatic rings. The maximum Gasteiger partial charge on any atom is 0.143 e. The molecule has 1 aromatic rings. The van der Waals surface area contributed by atoms with Crippen molar-refractivity contribution in [3.05, 3.63) is 42.4 Å². The normalized spacial score (nSPS) is 11.1. The molecular weight excluding hydrogens is 169 g/mol. The summed E-state index contributed by atoms with van der Waals surface area (Å²) in [5.41, 5.74) is 0.943. The van der Waals surface area contributed by atoms with Crippen molar-refractivity contribution in [1.82, 2.24) is 0 Å². The topological polar surface area (TPSA) is 21.3 Å². The minimum absolute atomic E-state index is 0.281. The van der Waals surface area contributed by atoms with E-state index >= 15 is 0 Å². The predicted octanol–water partition coefficient (Wildman–Crippen LogP) is 2.56. The molecule has 1 rings (SSSR count). The molecule has 3 heteroatoms. The van der Waals surface area contributed by atoms with Gasteiger partial charge in [0.05, 0.1) is 13.7 Å². The number of anilines is 1. The summed E-state index contributed by atoms with van der Waals surface area (Å²) in [6, 6.07) is 9.56. The van der Waals surface area contributed by atoms with Crippen molar-refractivity contribution in [2.24, 2.45) is 0 Å². The van der Waals surface area contributed by atoms with Gasteiger partial charge in [0.1, 0.15) is 12.1 Å². The molecule has 0 amide bonds. The van der Waals surface area contributed by atoms with Gasteiger partial charge in [0, 0.05) is 5.69 Å². The number of methoxy groups -OCH3 is 1. The summed E-state index contributed by atoms with van der Waals surface area (Å²) in [4.78, 5) is 0. The second-order valence-corrected chi connectivity index (χ2v) is 2.50. The predicted molar refractivity (Wildman–Crippen MR) is 51.1 cm³/mol. The zero-order chi connectivity index (χ0) is 9.52. The molecule has 0 saturated heterocycles. The molecule has 0 unspecified atom stereocenters. The molecule has 13 heavy (non-hydrogen) atoms. The highest BCUT2D eigenvalue weighted by Crippen LogP contribution is 2.06. The number of nitrogens with one attached hydrogen (secondary N) is 1. The molecule has 70 valence electrons. The van der Waals surface area contributed by atoms with E-state index in [0.717, 1.165) is 5.69 Å². The molecule has 0 radical (unpaired) electrons. The lowest BCUT2D eigenvalue weighted by Gasteiger charge is -2.07. The molecule has 0 fully saturated rings. The van der Waals surface area contributed by atoms with Crippen LogP contribution >= 0.6 is 0 Å². The summed E-state index contributed by atoms with van der Waals surface area (Å²) >= 11 is 0. The summed E-state index contributed by atoms with van der Waals surface area (Å²) in [7, 11) is 1.44. The molecule has 0 bridgehead atoms. The summed E-state index contributed by atoms with van der Waals surface area (Å²) in [5.74, 6) is 0.281. The number of ether oxygens (including phenoxy) is 1. The fourth-order valence-electron chi connectivity index (χ4n) is 0.900. The lowest BCUT2D eigenvalue weighted by atomic mass is 10.3. The van der Waals surface area contributed by atoms with Crippen molar-refractivity contribution in [3.8, 4) is 0 Å². The maximum atomic E-state index is 12.0. The van der Waals surface area contributed by atoms with Crippen LogP contribution in [0.4, 0.5) is 10.1 Å². The summed E-state index contributed by atoms with van der Waals surface area (Å²) in [5, 5.41) is 3.01. The number of halogens is 1. The first kappa shape index (κ1) is 9.58. The van der Waals surface area contributed by atoms with Crippen LogP contribution in [0.1, 0.15) is 0 Å². The molecule has 0 heterocycles. The van der Waals surface area contributed by atoms with Gasteiger partial charge in [0.15, 0.2) is 0 Å². The average Bonchev–Trinajstić information content (AvgIpc) is 2.21. The largest absolute Gasteiger partial charge is 0.497 e. The summed E-state index contributed by atoms with van der Waals surface area (Å²) in [6.07, 6.45) is 0.454. The lowest BCUT2D eigenvalue weighted by Crippen LogP contribution is -2.05. The third-order valence-electron chi connectivity index (χ3n) is 1.62.